The second-order valence-corrected chi connectivity index (χ2v) is 6.34. The SMILES string of the molecule is C[C@H]1C(=O)N(C)CCN1C(=O)NCCc1nccc(-c2ccccc2)n1. The number of hydrogen-bond acceptors (Lipinski definition) is 4. The van der Waals surface area contributed by atoms with Crippen molar-refractivity contribution >= 4 is 11.9 Å². The largest absolute Gasteiger partial charge is 0.342 e. The van der Waals surface area contributed by atoms with Gasteiger partial charge in [-0.2, -0.15) is 0 Å². The zero-order chi connectivity index (χ0) is 18.5. The Morgan fingerprint density at radius 3 is 2.77 bits per heavy atom. The maximum atomic E-state index is 12.3. The van der Waals surface area contributed by atoms with Gasteiger partial charge in [-0.3, -0.25) is 4.79 Å². The van der Waals surface area contributed by atoms with E-state index < -0.39 is 6.04 Å². The Labute approximate surface area is 153 Å². The van der Waals surface area contributed by atoms with Crippen LogP contribution in [-0.2, 0) is 11.2 Å². The van der Waals surface area contributed by atoms with E-state index in [-0.39, 0.29) is 11.9 Å². The summed E-state index contributed by atoms with van der Waals surface area (Å²) in [6.45, 7) is 3.27. The minimum atomic E-state index is -0.439. The summed E-state index contributed by atoms with van der Waals surface area (Å²) in [5.41, 5.74) is 1.89. The van der Waals surface area contributed by atoms with Crippen molar-refractivity contribution in [3.63, 3.8) is 0 Å². The third-order valence-corrected chi connectivity index (χ3v) is 4.54. The summed E-state index contributed by atoms with van der Waals surface area (Å²) in [5, 5.41) is 2.86. The number of urea groups is 1. The first-order valence-corrected chi connectivity index (χ1v) is 8.73. The quantitative estimate of drug-likeness (QED) is 0.905. The van der Waals surface area contributed by atoms with E-state index in [9.17, 15) is 9.59 Å². The van der Waals surface area contributed by atoms with Crippen molar-refractivity contribution in [3.05, 3.63) is 48.4 Å². The first kappa shape index (κ1) is 17.8. The van der Waals surface area contributed by atoms with Crippen molar-refractivity contribution in [2.75, 3.05) is 26.7 Å². The van der Waals surface area contributed by atoms with Crippen molar-refractivity contribution in [2.45, 2.75) is 19.4 Å². The van der Waals surface area contributed by atoms with Crippen LogP contribution >= 0.6 is 0 Å². The Kier molecular flexibility index (Phi) is 5.46. The van der Waals surface area contributed by atoms with E-state index in [1.54, 1.807) is 30.0 Å². The number of aromatic nitrogens is 2. The van der Waals surface area contributed by atoms with E-state index >= 15 is 0 Å². The molecule has 0 saturated carbocycles. The molecular formula is C19H23N5O2. The molecule has 7 nitrogen and oxygen atoms in total. The number of carbonyl (C=O) groups is 2. The van der Waals surface area contributed by atoms with Crippen molar-refractivity contribution in [1.82, 2.24) is 25.1 Å². The number of carbonyl (C=O) groups excluding carboxylic acids is 2. The fourth-order valence-electron chi connectivity index (χ4n) is 2.96. The van der Waals surface area contributed by atoms with Gasteiger partial charge in [0, 0.05) is 44.9 Å². The van der Waals surface area contributed by atoms with Gasteiger partial charge in [-0.15, -0.1) is 0 Å². The van der Waals surface area contributed by atoms with Gasteiger partial charge in [-0.05, 0) is 13.0 Å². The molecule has 1 aromatic carbocycles. The molecule has 2 heterocycles. The number of likely N-dealkylation sites (N-methyl/N-ethyl adjacent to an activating group) is 1. The van der Waals surface area contributed by atoms with E-state index in [1.165, 1.54) is 0 Å². The Morgan fingerprint density at radius 1 is 1.23 bits per heavy atom. The molecule has 1 N–H and O–H groups in total. The zero-order valence-electron chi connectivity index (χ0n) is 15.1. The molecule has 0 unspecified atom stereocenters. The van der Waals surface area contributed by atoms with Gasteiger partial charge < -0.3 is 15.1 Å². The molecular weight excluding hydrogens is 330 g/mol. The molecule has 26 heavy (non-hydrogen) atoms. The molecule has 1 aromatic heterocycles. The molecule has 0 radical (unpaired) electrons. The number of hydrogen-bond donors (Lipinski definition) is 1. The molecule has 1 aliphatic heterocycles. The number of rotatable bonds is 4. The van der Waals surface area contributed by atoms with E-state index in [1.807, 2.05) is 36.4 Å². The van der Waals surface area contributed by atoms with Crippen LogP contribution in [0.4, 0.5) is 4.79 Å². The Bertz CT molecular complexity index is 781. The molecule has 3 amide bonds. The summed E-state index contributed by atoms with van der Waals surface area (Å²) in [5.74, 6) is 0.638. The van der Waals surface area contributed by atoms with Crippen LogP contribution in [0.2, 0.25) is 0 Å². The lowest BCUT2D eigenvalue weighted by Gasteiger charge is -2.37. The minimum absolute atomic E-state index is 0.0368. The fourth-order valence-corrected chi connectivity index (χ4v) is 2.96. The number of amides is 3. The monoisotopic (exact) mass is 353 g/mol. The first-order valence-electron chi connectivity index (χ1n) is 8.73. The molecule has 2 aromatic rings. The zero-order valence-corrected chi connectivity index (χ0v) is 15.1. The van der Waals surface area contributed by atoms with E-state index in [2.05, 4.69) is 15.3 Å². The highest BCUT2D eigenvalue weighted by Gasteiger charge is 2.32. The number of nitrogens with zero attached hydrogens (tertiary/aromatic N) is 4. The van der Waals surface area contributed by atoms with Gasteiger partial charge in [-0.1, -0.05) is 30.3 Å². The molecule has 0 bridgehead atoms. The van der Waals surface area contributed by atoms with E-state index in [0.29, 0.717) is 31.9 Å². The number of piperazine rings is 1. The average molecular weight is 353 g/mol. The Hall–Kier alpha value is -2.96. The predicted octanol–water partition coefficient (Wildman–Crippen LogP) is 1.56. The fraction of sp³-hybridized carbons (Fsp3) is 0.368. The van der Waals surface area contributed by atoms with E-state index in [0.717, 1.165) is 11.3 Å². The summed E-state index contributed by atoms with van der Waals surface area (Å²) >= 11 is 0. The normalized spacial score (nSPS) is 17.3. The van der Waals surface area contributed by atoms with Crippen LogP contribution in [0, 0.1) is 0 Å². The van der Waals surface area contributed by atoms with Crippen LogP contribution in [0.25, 0.3) is 11.3 Å². The molecule has 0 spiro atoms. The standard InChI is InChI=1S/C19H23N5O2/c1-14-18(25)23(2)12-13-24(14)19(26)21-11-9-17-20-10-8-16(22-17)15-6-4-3-5-7-15/h3-8,10,14H,9,11-13H2,1-2H3,(H,21,26)/t14-/m0/s1. The molecule has 1 atom stereocenters. The molecule has 1 fully saturated rings. The van der Waals surface area contributed by atoms with Crippen molar-refractivity contribution < 1.29 is 9.59 Å². The second kappa shape index (κ2) is 7.95. The average Bonchev–Trinajstić information content (AvgIpc) is 2.67. The lowest BCUT2D eigenvalue weighted by atomic mass is 10.1. The predicted molar refractivity (Wildman–Crippen MR) is 98.4 cm³/mol. The van der Waals surface area contributed by atoms with Crippen LogP contribution in [0.15, 0.2) is 42.6 Å². The summed E-state index contributed by atoms with van der Waals surface area (Å²) in [6, 6.07) is 11.1. The molecule has 1 saturated heterocycles. The topological polar surface area (TPSA) is 78.4 Å². The van der Waals surface area contributed by atoms with Crippen LogP contribution in [0.1, 0.15) is 12.7 Å². The highest BCUT2D eigenvalue weighted by atomic mass is 16.2. The van der Waals surface area contributed by atoms with Crippen molar-refractivity contribution in [1.29, 1.82) is 0 Å². The Morgan fingerprint density at radius 2 is 2.00 bits per heavy atom. The summed E-state index contributed by atoms with van der Waals surface area (Å²) in [4.78, 5) is 36.4. The van der Waals surface area contributed by atoms with Crippen LogP contribution < -0.4 is 5.32 Å². The third-order valence-electron chi connectivity index (χ3n) is 4.54. The van der Waals surface area contributed by atoms with Gasteiger partial charge in [-0.25, -0.2) is 14.8 Å². The maximum Gasteiger partial charge on any atom is 0.318 e. The van der Waals surface area contributed by atoms with Crippen LogP contribution in [0.3, 0.4) is 0 Å². The van der Waals surface area contributed by atoms with Gasteiger partial charge >= 0.3 is 6.03 Å². The van der Waals surface area contributed by atoms with Crippen LogP contribution in [0.5, 0.6) is 0 Å². The first-order chi connectivity index (χ1) is 12.6. The minimum Gasteiger partial charge on any atom is -0.342 e. The molecule has 0 aliphatic carbocycles. The van der Waals surface area contributed by atoms with Gasteiger partial charge in [0.2, 0.25) is 5.91 Å². The lowest BCUT2D eigenvalue weighted by Crippen LogP contribution is -2.58. The van der Waals surface area contributed by atoms with E-state index in [4.69, 9.17) is 0 Å². The highest BCUT2D eigenvalue weighted by molar-refractivity contribution is 5.87. The summed E-state index contributed by atoms with van der Waals surface area (Å²) < 4.78 is 0. The van der Waals surface area contributed by atoms with Gasteiger partial charge in [0.15, 0.2) is 0 Å². The maximum absolute atomic E-state index is 12.3. The van der Waals surface area contributed by atoms with Gasteiger partial charge in [0.1, 0.15) is 11.9 Å². The third kappa shape index (κ3) is 3.99. The van der Waals surface area contributed by atoms with Gasteiger partial charge in [0.25, 0.3) is 0 Å². The Balaban J connectivity index is 1.55. The summed E-state index contributed by atoms with van der Waals surface area (Å²) in [7, 11) is 1.76. The van der Waals surface area contributed by atoms with Crippen LogP contribution in [-0.4, -0.2) is 64.4 Å². The van der Waals surface area contributed by atoms with Crippen molar-refractivity contribution in [3.8, 4) is 11.3 Å². The molecule has 136 valence electrons. The molecule has 3 rings (SSSR count). The molecule has 7 heteroatoms. The lowest BCUT2D eigenvalue weighted by molar-refractivity contribution is -0.137. The van der Waals surface area contributed by atoms with Crippen molar-refractivity contribution in [2.24, 2.45) is 0 Å². The smallest absolute Gasteiger partial charge is 0.318 e. The second-order valence-electron chi connectivity index (χ2n) is 6.34. The highest BCUT2D eigenvalue weighted by Crippen LogP contribution is 2.15. The summed E-state index contributed by atoms with van der Waals surface area (Å²) in [6.07, 6.45) is 2.26. The van der Waals surface area contributed by atoms with Gasteiger partial charge in [0.05, 0.1) is 5.69 Å². The number of benzene rings is 1. The number of nitrogens with one attached hydrogen (secondary N) is 1. The molecule has 1 aliphatic rings.